The van der Waals surface area contributed by atoms with E-state index in [0.717, 1.165) is 46.5 Å². The molecular weight excluding hydrogens is 416 g/mol. The molecule has 1 aromatic heterocycles. The van der Waals surface area contributed by atoms with E-state index in [1.54, 1.807) is 6.92 Å². The number of pyridine rings is 1. The lowest BCUT2D eigenvalue weighted by Gasteiger charge is -2.13. The van der Waals surface area contributed by atoms with Crippen molar-refractivity contribution in [3.05, 3.63) is 59.4 Å². The molecule has 0 radical (unpaired) electrons. The fraction of sp³-hybridized carbons (Fsp3) is 0.391. The summed E-state index contributed by atoms with van der Waals surface area (Å²) in [5, 5.41) is -0.950. The molecule has 1 atom stereocenters. The predicted octanol–water partition coefficient (Wildman–Crippen LogP) is 3.44. The van der Waals surface area contributed by atoms with Crippen molar-refractivity contribution < 1.29 is 23.9 Å². The van der Waals surface area contributed by atoms with Gasteiger partial charge in [0, 0.05) is 18.3 Å². The molecule has 2 heterocycles. The largest absolute Gasteiger partial charge is 0.493 e. The first-order chi connectivity index (χ1) is 15.0. The Hall–Kier alpha value is -2.87. The second-order valence-corrected chi connectivity index (χ2v) is 8.21. The van der Waals surface area contributed by atoms with Gasteiger partial charge in [-0.1, -0.05) is 36.9 Å². The number of thioether (sulfide) groups is 1. The van der Waals surface area contributed by atoms with Crippen LogP contribution in [-0.4, -0.2) is 52.0 Å². The lowest BCUT2D eigenvalue weighted by atomic mass is 10.1. The first kappa shape index (κ1) is 22.8. The number of carbonyl (C=O) groups is 3. The summed E-state index contributed by atoms with van der Waals surface area (Å²) in [4.78, 5) is 41.6. The molecule has 31 heavy (non-hydrogen) atoms. The zero-order valence-corrected chi connectivity index (χ0v) is 18.5. The first-order valence-corrected chi connectivity index (χ1v) is 11.2. The third kappa shape index (κ3) is 6.30. The first-order valence-electron chi connectivity index (χ1n) is 10.3. The normalized spacial score (nSPS) is 15.9. The van der Waals surface area contributed by atoms with Gasteiger partial charge in [0.05, 0.1) is 18.5 Å². The van der Waals surface area contributed by atoms with Crippen LogP contribution in [0.2, 0.25) is 0 Å². The number of nitrogens with zero attached hydrogens (tertiary/aromatic N) is 2. The minimum Gasteiger partial charge on any atom is -0.493 e. The summed E-state index contributed by atoms with van der Waals surface area (Å²) in [6.45, 7) is 4.17. The van der Waals surface area contributed by atoms with Gasteiger partial charge in [-0.25, -0.2) is 0 Å². The van der Waals surface area contributed by atoms with Gasteiger partial charge in [-0.2, -0.15) is 0 Å². The zero-order valence-electron chi connectivity index (χ0n) is 17.7. The Morgan fingerprint density at radius 3 is 2.48 bits per heavy atom. The van der Waals surface area contributed by atoms with Crippen LogP contribution >= 0.6 is 11.8 Å². The smallest absolute Gasteiger partial charge is 0.326 e. The number of benzene rings is 1. The van der Waals surface area contributed by atoms with Crippen LogP contribution in [0.3, 0.4) is 0 Å². The van der Waals surface area contributed by atoms with E-state index >= 15 is 0 Å². The lowest BCUT2D eigenvalue weighted by molar-refractivity contribution is -0.146. The van der Waals surface area contributed by atoms with Gasteiger partial charge in [0.2, 0.25) is 5.91 Å². The number of imide groups is 1. The minimum absolute atomic E-state index is 0.210. The van der Waals surface area contributed by atoms with Gasteiger partial charge < -0.3 is 9.47 Å². The molecule has 2 aromatic rings. The van der Waals surface area contributed by atoms with Crippen LogP contribution < -0.4 is 4.74 Å². The van der Waals surface area contributed by atoms with Crippen LogP contribution in [0.15, 0.2) is 42.6 Å². The number of rotatable bonds is 10. The van der Waals surface area contributed by atoms with Crippen LogP contribution in [0, 0.1) is 0 Å². The Morgan fingerprint density at radius 2 is 1.84 bits per heavy atom. The highest BCUT2D eigenvalue weighted by molar-refractivity contribution is 8.15. The summed E-state index contributed by atoms with van der Waals surface area (Å²) >= 11 is 0.946. The standard InChI is InChI=1S/C23H26N2O5S/c1-3-16-5-8-18(24-14-16)11-12-30-19-9-6-17(7-10-19)13-20-22(27)25(23(28)31-20)15-21(26)29-4-2/h5-10,14,20H,3-4,11-13,15H2,1-2H3. The predicted molar refractivity (Wildman–Crippen MR) is 118 cm³/mol. The van der Waals surface area contributed by atoms with Crippen LogP contribution in [-0.2, 0) is 33.6 Å². The van der Waals surface area contributed by atoms with Crippen molar-refractivity contribution in [2.45, 2.75) is 38.4 Å². The summed E-state index contributed by atoms with van der Waals surface area (Å²) in [7, 11) is 0. The maximum atomic E-state index is 12.5. The van der Waals surface area contributed by atoms with Crippen LogP contribution in [0.1, 0.15) is 30.7 Å². The quantitative estimate of drug-likeness (QED) is 0.521. The molecule has 1 aliphatic rings. The molecule has 0 saturated carbocycles. The van der Waals surface area contributed by atoms with Crippen molar-refractivity contribution in [2.75, 3.05) is 19.8 Å². The van der Waals surface area contributed by atoms with E-state index in [9.17, 15) is 14.4 Å². The maximum absolute atomic E-state index is 12.5. The molecular formula is C23H26N2O5S. The second kappa shape index (κ2) is 10.9. The highest BCUT2D eigenvalue weighted by Gasteiger charge is 2.40. The topological polar surface area (TPSA) is 85.8 Å². The molecule has 1 unspecified atom stereocenters. The van der Waals surface area contributed by atoms with E-state index in [4.69, 9.17) is 9.47 Å². The van der Waals surface area contributed by atoms with Crippen LogP contribution in [0.5, 0.6) is 5.75 Å². The molecule has 1 aliphatic heterocycles. The fourth-order valence-electron chi connectivity index (χ4n) is 3.13. The highest BCUT2D eigenvalue weighted by Crippen LogP contribution is 2.30. The van der Waals surface area contributed by atoms with Crippen molar-refractivity contribution in [3.63, 3.8) is 0 Å². The summed E-state index contributed by atoms with van der Waals surface area (Å²) < 4.78 is 10.6. The molecule has 7 nitrogen and oxygen atoms in total. The number of esters is 1. The molecule has 164 valence electrons. The van der Waals surface area contributed by atoms with Gasteiger partial charge in [0.25, 0.3) is 5.24 Å². The summed E-state index contributed by atoms with van der Waals surface area (Å²) in [5.41, 5.74) is 3.12. The van der Waals surface area contributed by atoms with Gasteiger partial charge in [-0.15, -0.1) is 0 Å². The average molecular weight is 443 g/mol. The number of amides is 2. The summed E-state index contributed by atoms with van der Waals surface area (Å²) in [6.07, 6.45) is 3.99. The molecule has 2 amide bonds. The third-order valence-corrected chi connectivity index (χ3v) is 5.94. The Balaban J connectivity index is 1.48. The number of aromatic nitrogens is 1. The summed E-state index contributed by atoms with van der Waals surface area (Å²) in [5.74, 6) is -0.201. The maximum Gasteiger partial charge on any atom is 0.326 e. The molecule has 0 aliphatic carbocycles. The van der Waals surface area contributed by atoms with E-state index in [-0.39, 0.29) is 19.1 Å². The van der Waals surface area contributed by atoms with Crippen molar-refractivity contribution in [1.82, 2.24) is 9.88 Å². The van der Waals surface area contributed by atoms with Crippen LogP contribution in [0.4, 0.5) is 4.79 Å². The molecule has 1 aromatic carbocycles. The van der Waals surface area contributed by atoms with Gasteiger partial charge in [0.1, 0.15) is 12.3 Å². The van der Waals surface area contributed by atoms with Gasteiger partial charge in [-0.05, 0) is 49.1 Å². The molecule has 0 N–H and O–H groups in total. The number of carbonyl (C=O) groups excluding carboxylic acids is 3. The Morgan fingerprint density at radius 1 is 1.10 bits per heavy atom. The van der Waals surface area contributed by atoms with E-state index in [1.165, 1.54) is 5.56 Å². The second-order valence-electron chi connectivity index (χ2n) is 7.06. The number of aryl methyl sites for hydroxylation is 1. The molecule has 1 saturated heterocycles. The third-order valence-electron chi connectivity index (χ3n) is 4.86. The zero-order chi connectivity index (χ0) is 22.2. The van der Waals surface area contributed by atoms with E-state index in [1.807, 2.05) is 36.5 Å². The Kier molecular flexibility index (Phi) is 8.06. The van der Waals surface area contributed by atoms with Crippen molar-refractivity contribution in [3.8, 4) is 5.75 Å². The van der Waals surface area contributed by atoms with Crippen molar-refractivity contribution in [2.24, 2.45) is 0 Å². The monoisotopic (exact) mass is 442 g/mol. The molecule has 1 fully saturated rings. The molecule has 8 heteroatoms. The van der Waals surface area contributed by atoms with Crippen molar-refractivity contribution in [1.29, 1.82) is 0 Å². The van der Waals surface area contributed by atoms with E-state index in [2.05, 4.69) is 18.0 Å². The number of ether oxygens (including phenoxy) is 2. The Bertz CT molecular complexity index is 915. The van der Waals surface area contributed by atoms with E-state index < -0.39 is 16.5 Å². The fourth-order valence-corrected chi connectivity index (χ4v) is 4.16. The van der Waals surface area contributed by atoms with Gasteiger partial charge in [-0.3, -0.25) is 24.3 Å². The Labute approximate surface area is 186 Å². The minimum atomic E-state index is -0.580. The molecule has 0 spiro atoms. The molecule has 0 bridgehead atoms. The van der Waals surface area contributed by atoms with Gasteiger partial charge >= 0.3 is 5.97 Å². The van der Waals surface area contributed by atoms with Crippen molar-refractivity contribution >= 4 is 28.9 Å². The van der Waals surface area contributed by atoms with E-state index in [0.29, 0.717) is 13.0 Å². The SMILES string of the molecule is CCOC(=O)CN1C(=O)SC(Cc2ccc(OCCc3ccc(CC)cn3)cc2)C1=O. The lowest BCUT2D eigenvalue weighted by Crippen LogP contribution is -2.37. The summed E-state index contributed by atoms with van der Waals surface area (Å²) in [6, 6.07) is 11.6. The van der Waals surface area contributed by atoms with Crippen LogP contribution in [0.25, 0.3) is 0 Å². The average Bonchev–Trinajstić information content (AvgIpc) is 3.03. The van der Waals surface area contributed by atoms with Gasteiger partial charge in [0.15, 0.2) is 0 Å². The molecule has 3 rings (SSSR count). The number of hydrogen-bond acceptors (Lipinski definition) is 7. The number of hydrogen-bond donors (Lipinski definition) is 0. The highest BCUT2D eigenvalue weighted by atomic mass is 32.2.